The van der Waals surface area contributed by atoms with Crippen molar-refractivity contribution < 1.29 is 0 Å². The van der Waals surface area contributed by atoms with Crippen molar-refractivity contribution in [2.24, 2.45) is 0 Å². The van der Waals surface area contributed by atoms with E-state index in [2.05, 4.69) is 19.7 Å². The molecule has 0 unspecified atom stereocenters. The first kappa shape index (κ1) is 12.2. The van der Waals surface area contributed by atoms with Crippen molar-refractivity contribution in [3.05, 3.63) is 29.8 Å². The molecule has 0 atom stereocenters. The summed E-state index contributed by atoms with van der Waals surface area (Å²) < 4.78 is 2.37. The van der Waals surface area contributed by atoms with Gasteiger partial charge in [-0.1, -0.05) is 11.8 Å². The zero-order chi connectivity index (χ0) is 13.5. The zero-order valence-corrected chi connectivity index (χ0v) is 12.0. The molecule has 2 heterocycles. The highest BCUT2D eigenvalue weighted by molar-refractivity contribution is 7.98. The van der Waals surface area contributed by atoms with E-state index >= 15 is 0 Å². The second-order valence-corrected chi connectivity index (χ2v) is 6.53. The number of pyridine rings is 1. The monoisotopic (exact) mass is 287 g/mol. The molecule has 0 saturated heterocycles. The first-order chi connectivity index (χ1) is 9.81. The van der Waals surface area contributed by atoms with Crippen LogP contribution >= 0.6 is 11.8 Å². The maximum absolute atomic E-state index is 5.79. The SMILES string of the molecule is Nc1ccnc(CSc2nnc(C3CC3)n2C2CC2)c1. The summed E-state index contributed by atoms with van der Waals surface area (Å²) in [6, 6.07) is 4.37. The summed E-state index contributed by atoms with van der Waals surface area (Å²) in [5.74, 6) is 2.65. The number of nitrogens with zero attached hydrogens (tertiary/aromatic N) is 4. The molecule has 2 aromatic heterocycles. The highest BCUT2D eigenvalue weighted by Crippen LogP contribution is 2.46. The maximum Gasteiger partial charge on any atom is 0.191 e. The van der Waals surface area contributed by atoms with Crippen LogP contribution in [0.5, 0.6) is 0 Å². The van der Waals surface area contributed by atoms with Crippen LogP contribution in [0.3, 0.4) is 0 Å². The molecule has 5 nitrogen and oxygen atoms in total. The van der Waals surface area contributed by atoms with Crippen molar-refractivity contribution in [3.63, 3.8) is 0 Å². The van der Waals surface area contributed by atoms with Crippen LogP contribution in [0.1, 0.15) is 49.2 Å². The standard InChI is InChI=1S/C14H17N5S/c15-10-5-6-16-11(7-10)8-20-14-18-17-13(9-1-2-9)19(14)12-3-4-12/h5-7,9,12H,1-4,8H2,(H2,15,16). The second-order valence-electron chi connectivity index (χ2n) is 5.59. The normalized spacial score (nSPS) is 18.4. The molecule has 0 radical (unpaired) electrons. The summed E-state index contributed by atoms with van der Waals surface area (Å²) in [5.41, 5.74) is 7.54. The van der Waals surface area contributed by atoms with Gasteiger partial charge in [-0.15, -0.1) is 10.2 Å². The van der Waals surface area contributed by atoms with Gasteiger partial charge >= 0.3 is 0 Å². The summed E-state index contributed by atoms with van der Waals surface area (Å²) in [5, 5.41) is 9.85. The van der Waals surface area contributed by atoms with Crippen molar-refractivity contribution in [1.29, 1.82) is 0 Å². The summed E-state index contributed by atoms with van der Waals surface area (Å²) in [6.07, 6.45) is 6.83. The molecule has 2 saturated carbocycles. The highest BCUT2D eigenvalue weighted by Gasteiger charge is 2.36. The molecule has 20 heavy (non-hydrogen) atoms. The minimum absolute atomic E-state index is 0.636. The van der Waals surface area contributed by atoms with Gasteiger partial charge in [0.2, 0.25) is 0 Å². The fourth-order valence-electron chi connectivity index (χ4n) is 2.40. The van der Waals surface area contributed by atoms with Gasteiger partial charge < -0.3 is 10.3 Å². The van der Waals surface area contributed by atoms with Crippen LogP contribution in [0.4, 0.5) is 5.69 Å². The highest BCUT2D eigenvalue weighted by atomic mass is 32.2. The molecule has 0 spiro atoms. The Morgan fingerprint density at radius 1 is 1.25 bits per heavy atom. The largest absolute Gasteiger partial charge is 0.399 e. The lowest BCUT2D eigenvalue weighted by Crippen LogP contribution is -2.02. The van der Waals surface area contributed by atoms with E-state index in [-0.39, 0.29) is 0 Å². The number of hydrogen-bond donors (Lipinski definition) is 1. The Morgan fingerprint density at radius 3 is 2.80 bits per heavy atom. The maximum atomic E-state index is 5.79. The van der Waals surface area contributed by atoms with E-state index in [1.54, 1.807) is 18.0 Å². The first-order valence-electron chi connectivity index (χ1n) is 7.09. The number of rotatable bonds is 5. The van der Waals surface area contributed by atoms with Gasteiger partial charge in [-0.25, -0.2) is 0 Å². The minimum Gasteiger partial charge on any atom is -0.399 e. The van der Waals surface area contributed by atoms with Crippen LogP contribution in [-0.4, -0.2) is 19.7 Å². The second kappa shape index (κ2) is 4.77. The number of aromatic nitrogens is 4. The third-order valence-corrected chi connectivity index (χ3v) is 4.71. The van der Waals surface area contributed by atoms with E-state index in [0.717, 1.165) is 22.3 Å². The van der Waals surface area contributed by atoms with Gasteiger partial charge in [0.15, 0.2) is 5.16 Å². The van der Waals surface area contributed by atoms with Crippen molar-refractivity contribution >= 4 is 17.4 Å². The van der Waals surface area contributed by atoms with Crippen LogP contribution < -0.4 is 5.73 Å². The van der Waals surface area contributed by atoms with Crippen LogP contribution in [-0.2, 0) is 5.75 Å². The van der Waals surface area contributed by atoms with Gasteiger partial charge in [0.1, 0.15) is 5.82 Å². The summed E-state index contributed by atoms with van der Waals surface area (Å²) >= 11 is 1.71. The lowest BCUT2D eigenvalue weighted by molar-refractivity contribution is 0.627. The van der Waals surface area contributed by atoms with Crippen LogP contribution in [0.15, 0.2) is 23.5 Å². The lowest BCUT2D eigenvalue weighted by Gasteiger charge is -2.07. The van der Waals surface area contributed by atoms with Gasteiger partial charge in [0.25, 0.3) is 0 Å². The van der Waals surface area contributed by atoms with E-state index in [0.29, 0.717) is 12.0 Å². The summed E-state index contributed by atoms with van der Waals surface area (Å²) in [6.45, 7) is 0. The van der Waals surface area contributed by atoms with E-state index in [4.69, 9.17) is 5.73 Å². The van der Waals surface area contributed by atoms with Crippen molar-refractivity contribution in [3.8, 4) is 0 Å². The third-order valence-electron chi connectivity index (χ3n) is 3.74. The molecule has 6 heteroatoms. The molecule has 2 aromatic rings. The number of nitrogen functional groups attached to an aromatic ring is 1. The fourth-order valence-corrected chi connectivity index (χ4v) is 3.31. The van der Waals surface area contributed by atoms with Crippen molar-refractivity contribution in [2.45, 2.75) is 48.6 Å². The fraction of sp³-hybridized carbons (Fsp3) is 0.500. The number of nitrogens with two attached hydrogens (primary N) is 1. The molecule has 0 aromatic carbocycles. The molecule has 4 rings (SSSR count). The molecular weight excluding hydrogens is 270 g/mol. The van der Waals surface area contributed by atoms with E-state index in [1.165, 1.54) is 31.5 Å². The van der Waals surface area contributed by atoms with E-state index in [1.807, 2.05) is 12.1 Å². The zero-order valence-electron chi connectivity index (χ0n) is 11.2. The van der Waals surface area contributed by atoms with Crippen LogP contribution in [0.25, 0.3) is 0 Å². The quantitative estimate of drug-likeness (QED) is 0.856. The Balaban J connectivity index is 1.53. The molecule has 0 aliphatic heterocycles. The molecule has 104 valence electrons. The van der Waals surface area contributed by atoms with Crippen molar-refractivity contribution in [1.82, 2.24) is 19.7 Å². The number of hydrogen-bond acceptors (Lipinski definition) is 5. The molecule has 0 bridgehead atoms. The Labute approximate surface area is 122 Å². The first-order valence-corrected chi connectivity index (χ1v) is 8.08. The van der Waals surface area contributed by atoms with Gasteiger partial charge in [0, 0.05) is 29.6 Å². The van der Waals surface area contributed by atoms with Gasteiger partial charge in [-0.05, 0) is 37.8 Å². The predicted molar refractivity (Wildman–Crippen MR) is 78.5 cm³/mol. The van der Waals surface area contributed by atoms with Gasteiger partial charge in [-0.3, -0.25) is 4.98 Å². The summed E-state index contributed by atoms with van der Waals surface area (Å²) in [7, 11) is 0. The minimum atomic E-state index is 0.636. The Morgan fingerprint density at radius 2 is 2.10 bits per heavy atom. The van der Waals surface area contributed by atoms with E-state index < -0.39 is 0 Å². The van der Waals surface area contributed by atoms with Gasteiger partial charge in [0.05, 0.1) is 5.69 Å². The molecule has 0 amide bonds. The molecule has 2 aliphatic carbocycles. The molecule has 2 fully saturated rings. The lowest BCUT2D eigenvalue weighted by atomic mass is 10.3. The number of anilines is 1. The predicted octanol–water partition coefficient (Wildman–Crippen LogP) is 2.76. The average Bonchev–Trinajstić information content (AvgIpc) is 3.35. The number of thioether (sulfide) groups is 1. The van der Waals surface area contributed by atoms with Crippen LogP contribution in [0.2, 0.25) is 0 Å². The van der Waals surface area contributed by atoms with Crippen molar-refractivity contribution in [2.75, 3.05) is 5.73 Å². The van der Waals surface area contributed by atoms with E-state index in [9.17, 15) is 0 Å². The van der Waals surface area contributed by atoms with Gasteiger partial charge in [-0.2, -0.15) is 0 Å². The molecular formula is C14H17N5S. The topological polar surface area (TPSA) is 69.6 Å². The average molecular weight is 287 g/mol. The molecule has 2 aliphatic rings. The van der Waals surface area contributed by atoms with Crippen LogP contribution in [0, 0.1) is 0 Å². The Hall–Kier alpha value is -1.56. The molecule has 2 N–H and O–H groups in total. The smallest absolute Gasteiger partial charge is 0.191 e. The Bertz CT molecular complexity index is 630. The summed E-state index contributed by atoms with van der Waals surface area (Å²) in [4.78, 5) is 4.34. The Kier molecular flexibility index (Phi) is 2.91. The third kappa shape index (κ3) is 2.40.